The molecule has 1 atom stereocenters. The van der Waals surface area contributed by atoms with Crippen LogP contribution < -0.4 is 10.1 Å². The maximum absolute atomic E-state index is 11.7. The fourth-order valence-electron chi connectivity index (χ4n) is 3.75. The lowest BCUT2D eigenvalue weighted by Crippen LogP contribution is -2.33. The lowest BCUT2D eigenvalue weighted by atomic mass is 9.79. The number of carbonyl (C=O) groups is 1. The summed E-state index contributed by atoms with van der Waals surface area (Å²) >= 11 is 6.49. The molecule has 0 aliphatic carbocycles. The summed E-state index contributed by atoms with van der Waals surface area (Å²) in [6.45, 7) is 9.09. The molecule has 1 aromatic carbocycles. The molecule has 1 aliphatic rings. The average Bonchev–Trinajstić information content (AvgIpc) is 2.66. The summed E-state index contributed by atoms with van der Waals surface area (Å²) < 4.78 is 7.84. The van der Waals surface area contributed by atoms with Crippen LogP contribution in [0.3, 0.4) is 0 Å². The van der Waals surface area contributed by atoms with Gasteiger partial charge >= 0.3 is 5.97 Å². The molecule has 1 aliphatic heterocycles. The molecule has 2 N–H and O–H groups in total. The maximum Gasteiger partial charge on any atom is 0.339 e. The number of hydrogen-bond donors (Lipinski definition) is 2. The molecular weight excluding hydrogens is 392 g/mol. The molecule has 0 saturated carbocycles. The van der Waals surface area contributed by atoms with E-state index in [0.717, 1.165) is 29.7 Å². The minimum atomic E-state index is -1.13. The van der Waals surface area contributed by atoms with E-state index in [1.165, 1.54) is 0 Å². The standard InChI is InChI=1S/C22H27ClN2O4/c1-5-6-7-29-19-8-13-9-20(22(2,3)4)25-12-15(21(26)27)17(24-28)11-18(25)14(13)10-16(19)23/h8,10-12,20,28H,5-7,9H2,1-4H3,(H,26,27). The van der Waals surface area contributed by atoms with E-state index < -0.39 is 5.97 Å². The van der Waals surface area contributed by atoms with E-state index >= 15 is 0 Å². The zero-order valence-corrected chi connectivity index (χ0v) is 18.0. The smallest absolute Gasteiger partial charge is 0.339 e. The number of aromatic carboxylic acids is 1. The van der Waals surface area contributed by atoms with Gasteiger partial charge in [-0.1, -0.05) is 50.9 Å². The van der Waals surface area contributed by atoms with Crippen LogP contribution in [-0.2, 0) is 6.42 Å². The van der Waals surface area contributed by atoms with Crippen LogP contribution in [-0.4, -0.2) is 27.5 Å². The lowest BCUT2D eigenvalue weighted by Gasteiger charge is -2.39. The van der Waals surface area contributed by atoms with Crippen molar-refractivity contribution in [2.45, 2.75) is 53.0 Å². The molecule has 0 bridgehead atoms. The van der Waals surface area contributed by atoms with E-state index in [0.29, 0.717) is 23.8 Å². The van der Waals surface area contributed by atoms with Gasteiger partial charge in [-0.15, -0.1) is 0 Å². The van der Waals surface area contributed by atoms with Crippen LogP contribution in [0.15, 0.2) is 29.6 Å². The quantitative estimate of drug-likeness (QED) is 0.401. The highest BCUT2D eigenvalue weighted by Crippen LogP contribution is 2.45. The zero-order chi connectivity index (χ0) is 21.3. The van der Waals surface area contributed by atoms with E-state index in [-0.39, 0.29) is 22.4 Å². The molecule has 0 radical (unpaired) electrons. The minimum absolute atomic E-state index is 0.0144. The molecule has 0 saturated heterocycles. The highest BCUT2D eigenvalue weighted by atomic mass is 35.5. The second-order valence-electron chi connectivity index (χ2n) is 8.50. The molecule has 0 fully saturated rings. The Morgan fingerprint density at radius 2 is 2.07 bits per heavy atom. The predicted molar refractivity (Wildman–Crippen MR) is 112 cm³/mol. The number of unbranched alkanes of at least 4 members (excludes halogenated alkanes) is 1. The van der Waals surface area contributed by atoms with Crippen LogP contribution >= 0.6 is 11.6 Å². The monoisotopic (exact) mass is 418 g/mol. The number of hydrogen-bond acceptors (Lipinski definition) is 4. The Labute approximate surface area is 175 Å². The molecule has 6 nitrogen and oxygen atoms in total. The van der Waals surface area contributed by atoms with Gasteiger partial charge in [0, 0.05) is 17.8 Å². The Balaban J connectivity index is 2.22. The van der Waals surface area contributed by atoms with E-state index in [9.17, 15) is 15.1 Å². The number of fused-ring (bicyclic) bond motifs is 3. The van der Waals surface area contributed by atoms with Crippen molar-refractivity contribution in [3.63, 3.8) is 0 Å². The maximum atomic E-state index is 11.7. The normalized spacial score (nSPS) is 16.3. The number of aromatic nitrogens is 1. The van der Waals surface area contributed by atoms with Gasteiger partial charge in [-0.05, 0) is 42.0 Å². The van der Waals surface area contributed by atoms with Crippen molar-refractivity contribution in [1.82, 2.24) is 4.57 Å². The van der Waals surface area contributed by atoms with E-state index in [2.05, 4.69) is 32.9 Å². The molecule has 2 aromatic rings. The van der Waals surface area contributed by atoms with Crippen molar-refractivity contribution < 1.29 is 19.8 Å². The molecule has 0 spiro atoms. The van der Waals surface area contributed by atoms with Gasteiger partial charge in [-0.25, -0.2) is 4.79 Å². The van der Waals surface area contributed by atoms with Crippen molar-refractivity contribution in [1.29, 1.82) is 0 Å². The first-order chi connectivity index (χ1) is 13.7. The third-order valence-electron chi connectivity index (χ3n) is 5.37. The molecule has 156 valence electrons. The van der Waals surface area contributed by atoms with Gasteiger partial charge in [-0.3, -0.25) is 0 Å². The van der Waals surface area contributed by atoms with Crippen molar-refractivity contribution in [3.05, 3.63) is 45.9 Å². The molecule has 3 rings (SSSR count). The van der Waals surface area contributed by atoms with Gasteiger partial charge in [0.1, 0.15) is 16.7 Å². The van der Waals surface area contributed by atoms with E-state index in [4.69, 9.17) is 16.3 Å². The summed E-state index contributed by atoms with van der Waals surface area (Å²) in [6.07, 6.45) is 4.27. The Kier molecular flexibility index (Phi) is 5.94. The van der Waals surface area contributed by atoms with Crippen LogP contribution in [0.2, 0.25) is 5.02 Å². The van der Waals surface area contributed by atoms with Gasteiger partial charge in [0.25, 0.3) is 0 Å². The number of halogens is 1. The Morgan fingerprint density at radius 1 is 1.34 bits per heavy atom. The fourth-order valence-corrected chi connectivity index (χ4v) is 3.97. The third kappa shape index (κ3) is 4.13. The summed E-state index contributed by atoms with van der Waals surface area (Å²) in [4.78, 5) is 11.7. The van der Waals surface area contributed by atoms with Crippen molar-refractivity contribution in [3.8, 4) is 17.0 Å². The summed E-state index contributed by atoms with van der Waals surface area (Å²) in [7, 11) is 0. The molecule has 1 aromatic heterocycles. The second kappa shape index (κ2) is 8.11. The van der Waals surface area contributed by atoms with Crippen LogP contribution in [0.5, 0.6) is 5.75 Å². The number of nitrogens with zero attached hydrogens (tertiary/aromatic N) is 2. The molecular formula is C22H27ClN2O4. The molecule has 1 unspecified atom stereocenters. The van der Waals surface area contributed by atoms with Crippen LogP contribution in [0, 0.1) is 5.41 Å². The first-order valence-electron chi connectivity index (χ1n) is 9.80. The van der Waals surface area contributed by atoms with Crippen molar-refractivity contribution in [2.75, 3.05) is 6.61 Å². The molecule has 29 heavy (non-hydrogen) atoms. The molecule has 0 amide bonds. The second-order valence-corrected chi connectivity index (χ2v) is 8.90. The van der Waals surface area contributed by atoms with Crippen LogP contribution in [0.1, 0.15) is 62.5 Å². The SMILES string of the molecule is CCCCOc1cc2c(cc1Cl)-c1cc(=NO)c(C(=O)O)cn1C(C(C)(C)C)C2. The van der Waals surface area contributed by atoms with Crippen molar-refractivity contribution in [2.24, 2.45) is 10.6 Å². The number of benzene rings is 1. The number of carboxylic acid groups (broad SMARTS) is 1. The summed E-state index contributed by atoms with van der Waals surface area (Å²) in [5.74, 6) is -0.474. The van der Waals surface area contributed by atoms with Crippen molar-refractivity contribution >= 4 is 17.6 Å². The fraction of sp³-hybridized carbons (Fsp3) is 0.455. The average molecular weight is 419 g/mol. The van der Waals surface area contributed by atoms with Gasteiger partial charge in [0.2, 0.25) is 0 Å². The van der Waals surface area contributed by atoms with Crippen LogP contribution in [0.25, 0.3) is 11.3 Å². The minimum Gasteiger partial charge on any atom is -0.492 e. The van der Waals surface area contributed by atoms with Gasteiger partial charge in [0.05, 0.1) is 17.3 Å². The van der Waals surface area contributed by atoms with Gasteiger partial charge < -0.3 is 19.6 Å². The zero-order valence-electron chi connectivity index (χ0n) is 17.2. The van der Waals surface area contributed by atoms with E-state index in [1.54, 1.807) is 12.3 Å². The summed E-state index contributed by atoms with van der Waals surface area (Å²) in [5, 5.41) is 22.6. The highest BCUT2D eigenvalue weighted by Gasteiger charge is 2.33. The third-order valence-corrected chi connectivity index (χ3v) is 5.67. The first-order valence-corrected chi connectivity index (χ1v) is 10.2. The Morgan fingerprint density at radius 3 is 2.66 bits per heavy atom. The molecule has 7 heteroatoms. The number of pyridine rings is 1. The Hall–Kier alpha value is -2.47. The number of ether oxygens (including phenoxy) is 1. The number of carboxylic acids is 1. The summed E-state index contributed by atoms with van der Waals surface area (Å²) in [5.41, 5.74) is 2.56. The number of rotatable bonds is 5. The van der Waals surface area contributed by atoms with E-state index in [1.807, 2.05) is 16.7 Å². The molecule has 2 heterocycles. The van der Waals surface area contributed by atoms with Crippen LogP contribution in [0.4, 0.5) is 0 Å². The summed E-state index contributed by atoms with van der Waals surface area (Å²) in [6, 6.07) is 5.45. The first kappa shape index (κ1) is 21.2. The highest BCUT2D eigenvalue weighted by molar-refractivity contribution is 6.32. The topological polar surface area (TPSA) is 84.1 Å². The van der Waals surface area contributed by atoms with Gasteiger partial charge in [-0.2, -0.15) is 0 Å². The largest absolute Gasteiger partial charge is 0.492 e. The lowest BCUT2D eigenvalue weighted by molar-refractivity contribution is 0.0691. The van der Waals surface area contributed by atoms with Gasteiger partial charge in [0.15, 0.2) is 0 Å². The predicted octanol–water partition coefficient (Wildman–Crippen LogP) is 5.12. The Bertz CT molecular complexity index is 1010.